The average molecular weight is 475 g/mol. The molecule has 0 unspecified atom stereocenters. The lowest BCUT2D eigenvalue weighted by atomic mass is 10.2. The van der Waals surface area contributed by atoms with E-state index in [0.717, 1.165) is 4.47 Å². The van der Waals surface area contributed by atoms with Gasteiger partial charge in [-0.2, -0.15) is 19.6 Å². The molecule has 0 spiro atoms. The van der Waals surface area contributed by atoms with Crippen LogP contribution in [0.3, 0.4) is 0 Å². The number of nitrogens with one attached hydrogen (secondary N) is 2. The molecule has 5 rings (SSSR count). The van der Waals surface area contributed by atoms with Gasteiger partial charge in [-0.25, -0.2) is 9.37 Å². The third kappa shape index (κ3) is 3.47. The number of aromatic nitrogens is 6. The summed E-state index contributed by atoms with van der Waals surface area (Å²) in [6, 6.07) is 4.84. The normalized spacial score (nSPS) is 19.7. The van der Waals surface area contributed by atoms with Gasteiger partial charge in [-0.3, -0.25) is 0 Å². The number of halogens is 2. The first-order valence-electron chi connectivity index (χ1n) is 9.66. The number of hydrogen-bond donors (Lipinski definition) is 2. The van der Waals surface area contributed by atoms with Gasteiger partial charge in [-0.05, 0) is 41.9 Å². The van der Waals surface area contributed by atoms with E-state index in [0.29, 0.717) is 54.0 Å². The standard InChI is InChI=1S/C19H20BrFN8O/c1-10-8-28(9-11(2)30-10)19-26-17-12(20)6-23-29(17)18(27-19)22-7-15-24-14-5-3-4-13(21)16(14)25-15/h3-6,10-11H,7-9H2,1-2H3,(H,24,25)(H,22,26,27)/t10-,11+. The van der Waals surface area contributed by atoms with Crippen LogP contribution in [0.2, 0.25) is 0 Å². The Balaban J connectivity index is 1.47. The van der Waals surface area contributed by atoms with Gasteiger partial charge < -0.3 is 19.9 Å². The predicted molar refractivity (Wildman–Crippen MR) is 114 cm³/mol. The Bertz CT molecular complexity index is 1210. The van der Waals surface area contributed by atoms with Crippen LogP contribution >= 0.6 is 15.9 Å². The van der Waals surface area contributed by atoms with Gasteiger partial charge in [0.25, 0.3) is 0 Å². The number of rotatable bonds is 4. The fourth-order valence-electron chi connectivity index (χ4n) is 3.73. The number of aromatic amines is 1. The number of para-hydroxylation sites is 1. The zero-order valence-corrected chi connectivity index (χ0v) is 18.0. The molecule has 30 heavy (non-hydrogen) atoms. The van der Waals surface area contributed by atoms with Crippen LogP contribution in [0.1, 0.15) is 19.7 Å². The van der Waals surface area contributed by atoms with Gasteiger partial charge in [0.1, 0.15) is 11.3 Å². The Morgan fingerprint density at radius 1 is 1.23 bits per heavy atom. The van der Waals surface area contributed by atoms with Crippen molar-refractivity contribution in [3.05, 3.63) is 40.5 Å². The molecule has 4 heterocycles. The van der Waals surface area contributed by atoms with E-state index in [1.165, 1.54) is 6.07 Å². The van der Waals surface area contributed by atoms with E-state index in [4.69, 9.17) is 9.72 Å². The third-order valence-electron chi connectivity index (χ3n) is 4.94. The first kappa shape index (κ1) is 19.2. The second-order valence-corrected chi connectivity index (χ2v) is 8.26. The topological polar surface area (TPSA) is 96.3 Å². The van der Waals surface area contributed by atoms with E-state index in [2.05, 4.69) is 46.2 Å². The third-order valence-corrected chi connectivity index (χ3v) is 5.50. The Hall–Kier alpha value is -2.79. The molecular formula is C19H20BrFN8O. The molecule has 1 aliphatic heterocycles. The maximum absolute atomic E-state index is 13.9. The molecule has 1 aromatic carbocycles. The fraction of sp³-hybridized carbons (Fsp3) is 0.368. The van der Waals surface area contributed by atoms with Crippen LogP contribution in [-0.2, 0) is 11.3 Å². The number of nitrogens with zero attached hydrogens (tertiary/aromatic N) is 6. The predicted octanol–water partition coefficient (Wildman–Crippen LogP) is 3.13. The molecule has 1 aliphatic rings. The highest BCUT2D eigenvalue weighted by molar-refractivity contribution is 9.10. The molecular weight excluding hydrogens is 455 g/mol. The summed E-state index contributed by atoms with van der Waals surface area (Å²) in [5, 5.41) is 7.61. The van der Waals surface area contributed by atoms with E-state index in [1.54, 1.807) is 22.8 Å². The summed E-state index contributed by atoms with van der Waals surface area (Å²) in [6.07, 6.45) is 1.85. The number of H-pyrrole nitrogens is 1. The van der Waals surface area contributed by atoms with Crippen molar-refractivity contribution in [1.82, 2.24) is 29.5 Å². The Labute approximate surface area is 179 Å². The molecule has 3 aromatic heterocycles. The number of ether oxygens (including phenoxy) is 1. The molecule has 9 nitrogen and oxygen atoms in total. The number of imidazole rings is 1. The summed E-state index contributed by atoms with van der Waals surface area (Å²) >= 11 is 3.51. The second-order valence-electron chi connectivity index (χ2n) is 7.41. The summed E-state index contributed by atoms with van der Waals surface area (Å²) < 4.78 is 22.2. The zero-order chi connectivity index (χ0) is 20.8. The smallest absolute Gasteiger partial charge is 0.230 e. The van der Waals surface area contributed by atoms with E-state index < -0.39 is 0 Å². The number of anilines is 2. The van der Waals surface area contributed by atoms with Gasteiger partial charge in [0.2, 0.25) is 11.9 Å². The maximum atomic E-state index is 13.9. The molecule has 2 atom stereocenters. The molecule has 2 N–H and O–H groups in total. The van der Waals surface area contributed by atoms with Gasteiger partial charge in [-0.15, -0.1) is 0 Å². The van der Waals surface area contributed by atoms with Crippen molar-refractivity contribution < 1.29 is 9.13 Å². The van der Waals surface area contributed by atoms with Gasteiger partial charge in [0, 0.05) is 13.1 Å². The molecule has 0 bridgehead atoms. The van der Waals surface area contributed by atoms with Crippen LogP contribution in [0, 0.1) is 5.82 Å². The molecule has 11 heteroatoms. The molecule has 4 aromatic rings. The quantitative estimate of drug-likeness (QED) is 0.468. The van der Waals surface area contributed by atoms with Gasteiger partial charge >= 0.3 is 0 Å². The Morgan fingerprint density at radius 2 is 2.03 bits per heavy atom. The van der Waals surface area contributed by atoms with Crippen LogP contribution < -0.4 is 10.2 Å². The van der Waals surface area contributed by atoms with E-state index >= 15 is 0 Å². The van der Waals surface area contributed by atoms with Crippen LogP contribution in [0.5, 0.6) is 0 Å². The highest BCUT2D eigenvalue weighted by atomic mass is 79.9. The average Bonchev–Trinajstić information content (AvgIpc) is 3.30. The highest BCUT2D eigenvalue weighted by Gasteiger charge is 2.25. The first-order chi connectivity index (χ1) is 14.5. The SMILES string of the molecule is C[C@@H]1CN(c2nc(NCc3nc4c(F)cccc4[nH]3)n3ncc(Br)c3n2)C[C@H](C)O1. The van der Waals surface area contributed by atoms with Crippen LogP contribution in [0.25, 0.3) is 16.7 Å². The van der Waals surface area contributed by atoms with Crippen molar-refractivity contribution >= 4 is 44.5 Å². The van der Waals surface area contributed by atoms with Crippen molar-refractivity contribution in [2.45, 2.75) is 32.6 Å². The van der Waals surface area contributed by atoms with Crippen molar-refractivity contribution in [3.8, 4) is 0 Å². The monoisotopic (exact) mass is 474 g/mol. The minimum Gasteiger partial charge on any atom is -0.372 e. The Kier molecular flexibility index (Phi) is 4.78. The molecule has 0 aliphatic carbocycles. The lowest BCUT2D eigenvalue weighted by Gasteiger charge is -2.35. The van der Waals surface area contributed by atoms with E-state index in [-0.39, 0.29) is 18.0 Å². The fourth-order valence-corrected chi connectivity index (χ4v) is 4.08. The van der Waals surface area contributed by atoms with Gasteiger partial charge in [0.05, 0.1) is 34.9 Å². The lowest BCUT2D eigenvalue weighted by molar-refractivity contribution is -0.00571. The van der Waals surface area contributed by atoms with E-state index in [9.17, 15) is 4.39 Å². The molecule has 0 saturated carbocycles. The van der Waals surface area contributed by atoms with Crippen LogP contribution in [-0.4, -0.2) is 54.8 Å². The summed E-state index contributed by atoms with van der Waals surface area (Å²) in [5.74, 6) is 1.37. The van der Waals surface area contributed by atoms with Gasteiger partial charge in [-0.1, -0.05) is 6.07 Å². The molecule has 156 valence electrons. The molecule has 1 fully saturated rings. The number of fused-ring (bicyclic) bond motifs is 2. The summed E-state index contributed by atoms with van der Waals surface area (Å²) in [5.41, 5.74) is 1.63. The maximum Gasteiger partial charge on any atom is 0.230 e. The minimum absolute atomic E-state index is 0.0868. The zero-order valence-electron chi connectivity index (χ0n) is 16.4. The number of hydrogen-bond acceptors (Lipinski definition) is 7. The molecule has 0 radical (unpaired) electrons. The minimum atomic E-state index is -0.353. The number of benzene rings is 1. The summed E-state index contributed by atoms with van der Waals surface area (Å²) in [6.45, 7) is 5.81. The number of morpholine rings is 1. The van der Waals surface area contributed by atoms with Crippen molar-refractivity contribution in [2.75, 3.05) is 23.3 Å². The lowest BCUT2D eigenvalue weighted by Crippen LogP contribution is -2.46. The summed E-state index contributed by atoms with van der Waals surface area (Å²) in [7, 11) is 0. The van der Waals surface area contributed by atoms with Gasteiger partial charge in [0.15, 0.2) is 11.5 Å². The second kappa shape index (κ2) is 7.47. The molecule has 0 amide bonds. The first-order valence-corrected chi connectivity index (χ1v) is 10.5. The van der Waals surface area contributed by atoms with Crippen LogP contribution in [0.4, 0.5) is 16.3 Å². The van der Waals surface area contributed by atoms with Crippen molar-refractivity contribution in [3.63, 3.8) is 0 Å². The largest absolute Gasteiger partial charge is 0.372 e. The van der Waals surface area contributed by atoms with E-state index in [1.807, 2.05) is 13.8 Å². The molecule has 1 saturated heterocycles. The Morgan fingerprint density at radius 3 is 2.80 bits per heavy atom. The van der Waals surface area contributed by atoms with Crippen molar-refractivity contribution in [2.24, 2.45) is 0 Å². The highest BCUT2D eigenvalue weighted by Crippen LogP contribution is 2.24. The van der Waals surface area contributed by atoms with Crippen LogP contribution in [0.15, 0.2) is 28.9 Å². The summed E-state index contributed by atoms with van der Waals surface area (Å²) in [4.78, 5) is 19.0. The van der Waals surface area contributed by atoms with Crippen molar-refractivity contribution in [1.29, 1.82) is 0 Å².